The van der Waals surface area contributed by atoms with Crippen molar-refractivity contribution in [2.75, 3.05) is 17.6 Å². The van der Waals surface area contributed by atoms with Gasteiger partial charge in [0.15, 0.2) is 0 Å². The number of nitrogen functional groups attached to an aromatic ring is 1. The molecule has 100 valence electrons. The van der Waals surface area contributed by atoms with Gasteiger partial charge < -0.3 is 11.1 Å². The van der Waals surface area contributed by atoms with E-state index in [1.807, 2.05) is 18.2 Å². The van der Waals surface area contributed by atoms with Crippen LogP contribution in [0, 0.1) is 0 Å². The lowest BCUT2D eigenvalue weighted by molar-refractivity contribution is 0.706. The van der Waals surface area contributed by atoms with Gasteiger partial charge in [0.1, 0.15) is 0 Å². The van der Waals surface area contributed by atoms with Gasteiger partial charge >= 0.3 is 0 Å². The molecule has 0 radical (unpaired) electrons. The van der Waals surface area contributed by atoms with Gasteiger partial charge in [-0.25, -0.2) is 0 Å². The van der Waals surface area contributed by atoms with Crippen molar-refractivity contribution in [3.63, 3.8) is 0 Å². The molecular formula is C16H19BrN2. The Morgan fingerprint density at radius 1 is 1.16 bits per heavy atom. The molecule has 3 N–H and O–H groups in total. The van der Waals surface area contributed by atoms with E-state index in [9.17, 15) is 0 Å². The van der Waals surface area contributed by atoms with Crippen molar-refractivity contribution in [2.45, 2.75) is 19.3 Å². The third-order valence-electron chi connectivity index (χ3n) is 3.28. The van der Waals surface area contributed by atoms with E-state index in [-0.39, 0.29) is 0 Å². The third-order valence-corrected chi connectivity index (χ3v) is 3.77. The number of nitrogens with one attached hydrogen (secondary N) is 1. The Kier molecular flexibility index (Phi) is 4.86. The Balaban J connectivity index is 1.86. The summed E-state index contributed by atoms with van der Waals surface area (Å²) in [6.45, 7) is 3.17. The smallest absolute Gasteiger partial charge is 0.0574 e. The molecule has 2 aromatic rings. The fraction of sp³-hybridized carbons (Fsp3) is 0.250. The Morgan fingerprint density at radius 3 is 2.58 bits per heavy atom. The monoisotopic (exact) mass is 318 g/mol. The molecule has 2 rings (SSSR count). The largest absolute Gasteiger partial charge is 0.397 e. The minimum atomic E-state index is 0.547. The number of hydrogen-bond acceptors (Lipinski definition) is 2. The first-order valence-electron chi connectivity index (χ1n) is 6.50. The van der Waals surface area contributed by atoms with E-state index in [2.05, 4.69) is 58.5 Å². The molecule has 0 saturated heterocycles. The highest BCUT2D eigenvalue weighted by Gasteiger charge is 2.05. The molecule has 0 aliphatic heterocycles. The van der Waals surface area contributed by atoms with Crippen LogP contribution >= 0.6 is 15.9 Å². The molecule has 0 amide bonds. The van der Waals surface area contributed by atoms with Crippen LogP contribution in [0.3, 0.4) is 0 Å². The highest BCUT2D eigenvalue weighted by atomic mass is 79.9. The third kappa shape index (κ3) is 4.00. The van der Waals surface area contributed by atoms with Crippen LogP contribution in [0.2, 0.25) is 0 Å². The predicted molar refractivity (Wildman–Crippen MR) is 86.5 cm³/mol. The minimum Gasteiger partial charge on any atom is -0.397 e. The molecule has 0 aliphatic rings. The van der Waals surface area contributed by atoms with Crippen LogP contribution in [0.5, 0.6) is 0 Å². The molecule has 2 nitrogen and oxygen atoms in total. The van der Waals surface area contributed by atoms with E-state index in [1.54, 1.807) is 0 Å². The summed E-state index contributed by atoms with van der Waals surface area (Å²) >= 11 is 3.41. The van der Waals surface area contributed by atoms with E-state index in [0.29, 0.717) is 5.92 Å². The molecule has 3 heteroatoms. The first-order chi connectivity index (χ1) is 9.16. The Bertz CT molecular complexity index is 526. The second-order valence-electron chi connectivity index (χ2n) is 4.76. The molecular weight excluding hydrogens is 300 g/mol. The van der Waals surface area contributed by atoms with Gasteiger partial charge in [-0.2, -0.15) is 0 Å². The first-order valence-corrected chi connectivity index (χ1v) is 7.30. The van der Waals surface area contributed by atoms with Crippen LogP contribution in [0.4, 0.5) is 11.4 Å². The lowest BCUT2D eigenvalue weighted by Gasteiger charge is -2.14. The Hall–Kier alpha value is -1.48. The molecule has 0 saturated carbocycles. The van der Waals surface area contributed by atoms with Crippen LogP contribution in [0.15, 0.2) is 53.0 Å². The molecule has 0 bridgehead atoms. The average Bonchev–Trinajstić information content (AvgIpc) is 2.42. The van der Waals surface area contributed by atoms with Gasteiger partial charge in [0.2, 0.25) is 0 Å². The normalized spacial score (nSPS) is 12.1. The van der Waals surface area contributed by atoms with Crippen molar-refractivity contribution in [1.29, 1.82) is 0 Å². The Labute approximate surface area is 123 Å². The van der Waals surface area contributed by atoms with Gasteiger partial charge in [-0.15, -0.1) is 0 Å². The number of benzene rings is 2. The quantitative estimate of drug-likeness (QED) is 0.788. The standard InChI is InChI=1S/C16H19BrN2/c1-12(13-5-3-2-4-6-13)9-10-19-16-8-7-14(17)11-15(16)18/h2-8,11-12,19H,9-10,18H2,1H3. The zero-order valence-electron chi connectivity index (χ0n) is 11.1. The first kappa shape index (κ1) is 13.9. The SMILES string of the molecule is CC(CCNc1ccc(Br)cc1N)c1ccccc1. The van der Waals surface area contributed by atoms with Crippen molar-refractivity contribution < 1.29 is 0 Å². The lowest BCUT2D eigenvalue weighted by Crippen LogP contribution is -2.07. The number of nitrogens with two attached hydrogens (primary N) is 1. The highest BCUT2D eigenvalue weighted by molar-refractivity contribution is 9.10. The van der Waals surface area contributed by atoms with Crippen LogP contribution in [0.1, 0.15) is 24.8 Å². The second-order valence-corrected chi connectivity index (χ2v) is 5.67. The molecule has 0 heterocycles. The molecule has 1 unspecified atom stereocenters. The fourth-order valence-electron chi connectivity index (χ4n) is 2.07. The van der Waals surface area contributed by atoms with E-state index in [4.69, 9.17) is 5.73 Å². The molecule has 0 aliphatic carbocycles. The summed E-state index contributed by atoms with van der Waals surface area (Å²) in [5.41, 5.74) is 9.12. The summed E-state index contributed by atoms with van der Waals surface area (Å²) in [4.78, 5) is 0. The van der Waals surface area contributed by atoms with Gasteiger partial charge in [0.05, 0.1) is 11.4 Å². The number of halogens is 1. The van der Waals surface area contributed by atoms with E-state index in [1.165, 1.54) is 5.56 Å². The van der Waals surface area contributed by atoms with Gasteiger partial charge in [-0.3, -0.25) is 0 Å². The number of anilines is 2. The fourth-order valence-corrected chi connectivity index (χ4v) is 2.44. The van der Waals surface area contributed by atoms with Crippen LogP contribution in [-0.4, -0.2) is 6.54 Å². The van der Waals surface area contributed by atoms with Crippen molar-refractivity contribution in [2.24, 2.45) is 0 Å². The summed E-state index contributed by atoms with van der Waals surface area (Å²) in [7, 11) is 0. The molecule has 19 heavy (non-hydrogen) atoms. The van der Waals surface area contributed by atoms with Crippen molar-refractivity contribution in [3.8, 4) is 0 Å². The number of hydrogen-bond donors (Lipinski definition) is 2. The van der Waals surface area contributed by atoms with Crippen molar-refractivity contribution in [1.82, 2.24) is 0 Å². The van der Waals surface area contributed by atoms with Gasteiger partial charge in [-0.05, 0) is 36.1 Å². The van der Waals surface area contributed by atoms with Gasteiger partial charge in [0, 0.05) is 11.0 Å². The number of rotatable bonds is 5. The maximum atomic E-state index is 5.96. The zero-order chi connectivity index (χ0) is 13.7. The summed E-state index contributed by atoms with van der Waals surface area (Å²) in [5, 5.41) is 3.39. The maximum absolute atomic E-state index is 5.96. The molecule has 0 spiro atoms. The lowest BCUT2D eigenvalue weighted by atomic mass is 9.98. The minimum absolute atomic E-state index is 0.547. The second kappa shape index (κ2) is 6.62. The summed E-state index contributed by atoms with van der Waals surface area (Å²) in [6.07, 6.45) is 1.08. The predicted octanol–water partition coefficient (Wildman–Crippen LogP) is 4.64. The summed E-state index contributed by atoms with van der Waals surface area (Å²) in [5.74, 6) is 0.547. The molecule has 2 aromatic carbocycles. The molecule has 0 fully saturated rings. The zero-order valence-corrected chi connectivity index (χ0v) is 12.7. The average molecular weight is 319 g/mol. The molecule has 1 atom stereocenters. The van der Waals surface area contributed by atoms with E-state index in [0.717, 1.165) is 28.8 Å². The van der Waals surface area contributed by atoms with Crippen LogP contribution in [0.25, 0.3) is 0 Å². The van der Waals surface area contributed by atoms with Crippen molar-refractivity contribution >= 4 is 27.3 Å². The van der Waals surface area contributed by atoms with E-state index < -0.39 is 0 Å². The Morgan fingerprint density at radius 2 is 1.89 bits per heavy atom. The van der Waals surface area contributed by atoms with Gasteiger partial charge in [-0.1, -0.05) is 53.2 Å². The summed E-state index contributed by atoms with van der Waals surface area (Å²) < 4.78 is 1.01. The van der Waals surface area contributed by atoms with Crippen molar-refractivity contribution in [3.05, 3.63) is 58.6 Å². The van der Waals surface area contributed by atoms with Gasteiger partial charge in [0.25, 0.3) is 0 Å². The topological polar surface area (TPSA) is 38.0 Å². The van der Waals surface area contributed by atoms with Crippen LogP contribution in [-0.2, 0) is 0 Å². The van der Waals surface area contributed by atoms with Crippen LogP contribution < -0.4 is 11.1 Å². The summed E-state index contributed by atoms with van der Waals surface area (Å²) in [6, 6.07) is 16.5. The van der Waals surface area contributed by atoms with E-state index >= 15 is 0 Å². The highest BCUT2D eigenvalue weighted by Crippen LogP contribution is 2.24. The maximum Gasteiger partial charge on any atom is 0.0574 e. The molecule has 0 aromatic heterocycles.